The summed E-state index contributed by atoms with van der Waals surface area (Å²) in [7, 11) is 2.94. The summed E-state index contributed by atoms with van der Waals surface area (Å²) in [5.41, 5.74) is 2.55. The Morgan fingerprint density at radius 1 is 0.967 bits per heavy atom. The van der Waals surface area contributed by atoms with Crippen molar-refractivity contribution in [3.05, 3.63) is 76.2 Å². The number of ketones is 1. The van der Waals surface area contributed by atoms with E-state index in [0.717, 1.165) is 11.1 Å². The van der Waals surface area contributed by atoms with Gasteiger partial charge in [0.1, 0.15) is 5.69 Å². The van der Waals surface area contributed by atoms with Gasteiger partial charge < -0.3 is 14.6 Å². The van der Waals surface area contributed by atoms with Crippen molar-refractivity contribution >= 4 is 33.9 Å². The highest BCUT2D eigenvalue weighted by atomic mass is 32.1. The molecule has 1 N–H and O–H groups in total. The van der Waals surface area contributed by atoms with Gasteiger partial charge in [0.2, 0.25) is 5.78 Å². The van der Waals surface area contributed by atoms with Crippen molar-refractivity contribution < 1.29 is 24.2 Å². The van der Waals surface area contributed by atoms with Gasteiger partial charge in [0, 0.05) is 22.5 Å². The van der Waals surface area contributed by atoms with Crippen LogP contribution in [-0.2, 0) is 0 Å². The van der Waals surface area contributed by atoms with Crippen LogP contribution in [0.3, 0.4) is 0 Å². The number of fused-ring (bicyclic) bond motifs is 1. The molecular weight excluding hydrogens is 402 g/mol. The minimum absolute atomic E-state index is 0.0190. The Hall–Kier alpha value is -3.71. The molecule has 4 aromatic rings. The second-order valence-corrected chi connectivity index (χ2v) is 7.28. The number of benzene rings is 2. The molecule has 0 radical (unpaired) electrons. The number of carboxylic acids is 1. The van der Waals surface area contributed by atoms with Gasteiger partial charge in [-0.25, -0.2) is 4.79 Å². The fourth-order valence-electron chi connectivity index (χ4n) is 3.32. The molecule has 0 aliphatic rings. The maximum atomic E-state index is 13.3. The van der Waals surface area contributed by atoms with E-state index in [2.05, 4.69) is 4.98 Å². The van der Waals surface area contributed by atoms with E-state index in [1.807, 2.05) is 35.0 Å². The molecule has 7 heteroatoms. The van der Waals surface area contributed by atoms with E-state index in [-0.39, 0.29) is 17.0 Å². The molecule has 0 aliphatic heterocycles. The van der Waals surface area contributed by atoms with Crippen LogP contribution >= 0.6 is 11.3 Å². The highest BCUT2D eigenvalue weighted by molar-refractivity contribution is 7.08. The summed E-state index contributed by atoms with van der Waals surface area (Å²) >= 11 is 1.58. The minimum Gasteiger partial charge on any atom is -0.493 e. The first-order chi connectivity index (χ1) is 14.5. The number of aromatic nitrogens is 1. The number of hydrogen-bond acceptors (Lipinski definition) is 6. The lowest BCUT2D eigenvalue weighted by molar-refractivity contribution is 0.0698. The molecule has 0 saturated carbocycles. The number of rotatable bonds is 6. The summed E-state index contributed by atoms with van der Waals surface area (Å²) in [6, 6.07) is 12.4. The van der Waals surface area contributed by atoms with E-state index in [1.54, 1.807) is 29.5 Å². The van der Waals surface area contributed by atoms with Gasteiger partial charge in [0.15, 0.2) is 11.5 Å². The third-order valence-corrected chi connectivity index (χ3v) is 5.50. The molecule has 0 unspecified atom stereocenters. The number of methoxy groups -OCH3 is 2. The van der Waals surface area contributed by atoms with Crippen LogP contribution in [0.1, 0.15) is 26.4 Å². The number of carbonyl (C=O) groups is 2. The molecule has 0 spiro atoms. The standard InChI is InChI=1S/C23H17NO5S/c1-28-19-9-16-17(10-20(19)29-2)21(24-11-18(16)23(26)27)22(25)14-5-3-4-13(8-14)15-6-7-30-12-15/h3-12H,1-2H3,(H,26,27). The van der Waals surface area contributed by atoms with Crippen molar-refractivity contribution in [2.24, 2.45) is 0 Å². The molecule has 0 fully saturated rings. The normalized spacial score (nSPS) is 10.7. The van der Waals surface area contributed by atoms with Crippen molar-refractivity contribution in [3.63, 3.8) is 0 Å². The lowest BCUT2D eigenvalue weighted by Gasteiger charge is -2.13. The van der Waals surface area contributed by atoms with Crippen LogP contribution in [0.5, 0.6) is 11.5 Å². The van der Waals surface area contributed by atoms with Gasteiger partial charge in [-0.05, 0) is 46.2 Å². The van der Waals surface area contributed by atoms with Crippen molar-refractivity contribution in [1.82, 2.24) is 4.98 Å². The average Bonchev–Trinajstić information content (AvgIpc) is 3.31. The summed E-state index contributed by atoms with van der Waals surface area (Å²) in [5.74, 6) is -0.689. The number of hydrogen-bond donors (Lipinski definition) is 1. The molecule has 6 nitrogen and oxygen atoms in total. The first-order valence-corrected chi connectivity index (χ1v) is 9.93. The molecule has 0 amide bonds. The Kier molecular flexibility index (Phi) is 5.20. The Morgan fingerprint density at radius 3 is 2.33 bits per heavy atom. The minimum atomic E-state index is -1.14. The van der Waals surface area contributed by atoms with Crippen LogP contribution in [-0.4, -0.2) is 36.1 Å². The zero-order chi connectivity index (χ0) is 21.3. The molecule has 150 valence electrons. The average molecular weight is 419 g/mol. The van der Waals surface area contributed by atoms with E-state index < -0.39 is 5.97 Å². The van der Waals surface area contributed by atoms with E-state index >= 15 is 0 Å². The van der Waals surface area contributed by atoms with E-state index in [0.29, 0.717) is 27.8 Å². The summed E-state index contributed by atoms with van der Waals surface area (Å²) in [6.45, 7) is 0. The van der Waals surface area contributed by atoms with Gasteiger partial charge in [0.25, 0.3) is 0 Å². The van der Waals surface area contributed by atoms with Gasteiger partial charge in [-0.2, -0.15) is 11.3 Å². The van der Waals surface area contributed by atoms with Gasteiger partial charge in [-0.1, -0.05) is 18.2 Å². The highest BCUT2D eigenvalue weighted by Gasteiger charge is 2.21. The summed E-state index contributed by atoms with van der Waals surface area (Å²) < 4.78 is 10.6. The molecular formula is C23H17NO5S. The zero-order valence-corrected chi connectivity index (χ0v) is 17.0. The molecule has 0 aliphatic carbocycles. The molecule has 0 atom stereocenters. The van der Waals surface area contributed by atoms with Crippen molar-refractivity contribution in [2.45, 2.75) is 0 Å². The van der Waals surface area contributed by atoms with E-state index in [9.17, 15) is 14.7 Å². The molecule has 0 bridgehead atoms. The number of thiophene rings is 1. The number of carbonyl (C=O) groups excluding carboxylic acids is 1. The Bertz CT molecular complexity index is 1260. The second-order valence-electron chi connectivity index (χ2n) is 6.50. The zero-order valence-electron chi connectivity index (χ0n) is 16.2. The van der Waals surface area contributed by atoms with Crippen LogP contribution < -0.4 is 9.47 Å². The maximum absolute atomic E-state index is 13.3. The number of carboxylic acid groups (broad SMARTS) is 1. The lowest BCUT2D eigenvalue weighted by Crippen LogP contribution is -2.09. The van der Waals surface area contributed by atoms with Crippen molar-refractivity contribution in [3.8, 4) is 22.6 Å². The second kappa shape index (κ2) is 7.96. The topological polar surface area (TPSA) is 85.7 Å². The molecule has 0 saturated heterocycles. The third-order valence-electron chi connectivity index (χ3n) is 4.82. The quantitative estimate of drug-likeness (QED) is 0.447. The fourth-order valence-corrected chi connectivity index (χ4v) is 3.99. The number of ether oxygens (including phenoxy) is 2. The van der Waals surface area contributed by atoms with Crippen LogP contribution in [0, 0.1) is 0 Å². The Labute approximate surface area is 176 Å². The van der Waals surface area contributed by atoms with Crippen LogP contribution in [0.4, 0.5) is 0 Å². The van der Waals surface area contributed by atoms with Gasteiger partial charge >= 0.3 is 5.97 Å². The first-order valence-electron chi connectivity index (χ1n) is 8.99. The molecule has 4 rings (SSSR count). The van der Waals surface area contributed by atoms with E-state index in [1.165, 1.54) is 20.4 Å². The molecule has 2 heterocycles. The molecule has 2 aromatic heterocycles. The third kappa shape index (κ3) is 3.40. The largest absolute Gasteiger partial charge is 0.493 e. The van der Waals surface area contributed by atoms with Crippen LogP contribution in [0.2, 0.25) is 0 Å². The summed E-state index contributed by atoms with van der Waals surface area (Å²) in [4.78, 5) is 29.2. The van der Waals surface area contributed by atoms with Gasteiger partial charge in [0.05, 0.1) is 19.8 Å². The predicted octanol–water partition coefficient (Wildman–Crippen LogP) is 4.91. The maximum Gasteiger partial charge on any atom is 0.337 e. The van der Waals surface area contributed by atoms with Crippen LogP contribution in [0.15, 0.2) is 59.4 Å². The number of pyridine rings is 1. The summed E-state index contributed by atoms with van der Waals surface area (Å²) in [5, 5.41) is 14.3. The van der Waals surface area contributed by atoms with Gasteiger partial charge in [-0.15, -0.1) is 0 Å². The van der Waals surface area contributed by atoms with Crippen molar-refractivity contribution in [1.29, 1.82) is 0 Å². The Balaban J connectivity index is 1.90. The fraction of sp³-hybridized carbons (Fsp3) is 0.0870. The molecule has 30 heavy (non-hydrogen) atoms. The lowest BCUT2D eigenvalue weighted by atomic mass is 9.97. The van der Waals surface area contributed by atoms with Crippen molar-refractivity contribution in [2.75, 3.05) is 14.2 Å². The number of aromatic carboxylic acids is 1. The van der Waals surface area contributed by atoms with Crippen LogP contribution in [0.25, 0.3) is 21.9 Å². The Morgan fingerprint density at radius 2 is 1.70 bits per heavy atom. The smallest absolute Gasteiger partial charge is 0.337 e. The predicted molar refractivity (Wildman–Crippen MR) is 115 cm³/mol. The van der Waals surface area contributed by atoms with Gasteiger partial charge in [-0.3, -0.25) is 9.78 Å². The monoisotopic (exact) mass is 419 g/mol. The SMILES string of the molecule is COc1cc2c(C(=O)O)cnc(C(=O)c3cccc(-c4ccsc4)c3)c2cc1OC. The first kappa shape index (κ1) is 19.6. The molecule has 2 aromatic carbocycles. The number of nitrogens with zero attached hydrogens (tertiary/aromatic N) is 1. The highest BCUT2D eigenvalue weighted by Crippen LogP contribution is 2.35. The summed E-state index contributed by atoms with van der Waals surface area (Å²) in [6.07, 6.45) is 1.20. The van der Waals surface area contributed by atoms with E-state index in [4.69, 9.17) is 9.47 Å².